The van der Waals surface area contributed by atoms with Crippen LogP contribution in [0, 0.1) is 0 Å². The van der Waals surface area contributed by atoms with Gasteiger partial charge in [0.05, 0.1) is 5.56 Å². The van der Waals surface area contributed by atoms with Gasteiger partial charge in [0, 0.05) is 49.9 Å². The minimum absolute atomic E-state index is 0.0354. The molecule has 0 radical (unpaired) electrons. The Hall–Kier alpha value is -2.05. The van der Waals surface area contributed by atoms with E-state index in [1.54, 1.807) is 18.0 Å². The highest BCUT2D eigenvalue weighted by Crippen LogP contribution is 2.35. The lowest BCUT2D eigenvalue weighted by atomic mass is 10.1. The van der Waals surface area contributed by atoms with E-state index in [-0.39, 0.29) is 5.91 Å². The highest BCUT2D eigenvalue weighted by atomic mass is 32.2. The third-order valence-electron chi connectivity index (χ3n) is 5.87. The third-order valence-corrected chi connectivity index (χ3v) is 7.22. The number of carbonyl (C=O) groups is 1. The molecular formula is C23H30N4OS. The molecular weight excluding hydrogens is 380 g/mol. The number of likely N-dealkylation sites (N-methyl/N-ethyl adjacent to an activating group) is 1. The van der Waals surface area contributed by atoms with Crippen molar-refractivity contribution in [3.63, 3.8) is 0 Å². The smallest absolute Gasteiger partial charge is 0.254 e. The van der Waals surface area contributed by atoms with Crippen molar-refractivity contribution in [1.29, 1.82) is 0 Å². The largest absolute Gasteiger partial charge is 0.369 e. The zero-order valence-corrected chi connectivity index (χ0v) is 18.0. The molecule has 0 unspecified atom stereocenters. The molecule has 0 atom stereocenters. The molecule has 4 rings (SSSR count). The number of amides is 1. The Balaban J connectivity index is 1.43. The number of pyridine rings is 1. The van der Waals surface area contributed by atoms with Crippen molar-refractivity contribution in [2.75, 3.05) is 38.1 Å². The van der Waals surface area contributed by atoms with Crippen LogP contribution >= 0.6 is 11.8 Å². The first-order valence-corrected chi connectivity index (χ1v) is 11.5. The van der Waals surface area contributed by atoms with Crippen LogP contribution in [0.4, 0.5) is 5.69 Å². The van der Waals surface area contributed by atoms with Gasteiger partial charge in [0.2, 0.25) is 0 Å². The fourth-order valence-corrected chi connectivity index (χ4v) is 5.40. The lowest BCUT2D eigenvalue weighted by Crippen LogP contribution is -2.45. The van der Waals surface area contributed by atoms with Gasteiger partial charge in [-0.1, -0.05) is 31.0 Å². The van der Waals surface area contributed by atoms with Crippen LogP contribution in [0.25, 0.3) is 0 Å². The van der Waals surface area contributed by atoms with Crippen molar-refractivity contribution in [3.8, 4) is 0 Å². The maximum atomic E-state index is 13.0. The van der Waals surface area contributed by atoms with Crippen molar-refractivity contribution < 1.29 is 4.79 Å². The first-order valence-electron chi connectivity index (χ1n) is 10.6. The molecule has 1 aliphatic heterocycles. The van der Waals surface area contributed by atoms with Crippen molar-refractivity contribution >= 4 is 23.4 Å². The van der Waals surface area contributed by atoms with Crippen LogP contribution in [-0.2, 0) is 6.54 Å². The summed E-state index contributed by atoms with van der Waals surface area (Å²) in [4.78, 5) is 22.2. The predicted molar refractivity (Wildman–Crippen MR) is 120 cm³/mol. The van der Waals surface area contributed by atoms with Crippen LogP contribution < -0.4 is 10.2 Å². The van der Waals surface area contributed by atoms with E-state index in [4.69, 9.17) is 0 Å². The maximum Gasteiger partial charge on any atom is 0.254 e. The molecule has 0 spiro atoms. The van der Waals surface area contributed by atoms with Gasteiger partial charge in [0.25, 0.3) is 5.91 Å². The van der Waals surface area contributed by atoms with Crippen molar-refractivity contribution in [1.82, 2.24) is 15.2 Å². The predicted octanol–water partition coefficient (Wildman–Crippen LogP) is 3.80. The number of piperazine rings is 1. The van der Waals surface area contributed by atoms with Gasteiger partial charge in [-0.15, -0.1) is 11.8 Å². The Bertz CT molecular complexity index is 829. The number of hydrogen-bond donors (Lipinski definition) is 1. The van der Waals surface area contributed by atoms with Crippen LogP contribution in [0.3, 0.4) is 0 Å². The van der Waals surface area contributed by atoms with E-state index >= 15 is 0 Å². The second-order valence-corrected chi connectivity index (χ2v) is 9.27. The van der Waals surface area contributed by atoms with Gasteiger partial charge in [0.15, 0.2) is 0 Å². The molecule has 6 heteroatoms. The fourth-order valence-electron chi connectivity index (χ4n) is 4.11. The normalized spacial score (nSPS) is 18.2. The standard InChI is InChI=1S/C23H30N4OS/c1-26-13-15-27(16-14-26)21-11-5-2-7-18(21)17-25-22(28)20-10-6-12-24-23(20)29-19-8-3-4-9-19/h2,5-7,10-12,19H,3-4,8-9,13-17H2,1H3,(H,25,28). The number of thioether (sulfide) groups is 1. The molecule has 1 N–H and O–H groups in total. The van der Waals surface area contributed by atoms with Crippen LogP contribution in [0.5, 0.6) is 0 Å². The zero-order valence-electron chi connectivity index (χ0n) is 17.1. The van der Waals surface area contributed by atoms with Gasteiger partial charge in [-0.2, -0.15) is 0 Å². The van der Waals surface area contributed by atoms with Crippen molar-refractivity contribution in [3.05, 3.63) is 53.7 Å². The minimum atomic E-state index is -0.0354. The topological polar surface area (TPSA) is 48.5 Å². The molecule has 2 heterocycles. The third kappa shape index (κ3) is 5.11. The average Bonchev–Trinajstić information content (AvgIpc) is 3.26. The number of hydrogen-bond acceptors (Lipinski definition) is 5. The Labute approximate surface area is 177 Å². The summed E-state index contributed by atoms with van der Waals surface area (Å²) in [7, 11) is 2.17. The Morgan fingerprint density at radius 2 is 1.86 bits per heavy atom. The maximum absolute atomic E-state index is 13.0. The lowest BCUT2D eigenvalue weighted by molar-refractivity contribution is 0.0947. The van der Waals surface area contributed by atoms with E-state index in [0.29, 0.717) is 17.4 Å². The Morgan fingerprint density at radius 1 is 1.10 bits per heavy atom. The highest BCUT2D eigenvalue weighted by Gasteiger charge is 2.21. The first-order chi connectivity index (χ1) is 14.2. The first kappa shape index (κ1) is 20.2. The second kappa shape index (κ2) is 9.63. The number of nitrogens with one attached hydrogen (secondary N) is 1. The minimum Gasteiger partial charge on any atom is -0.369 e. The summed E-state index contributed by atoms with van der Waals surface area (Å²) in [5.41, 5.74) is 3.09. The summed E-state index contributed by atoms with van der Waals surface area (Å²) >= 11 is 1.77. The summed E-state index contributed by atoms with van der Waals surface area (Å²) < 4.78 is 0. The van der Waals surface area contributed by atoms with E-state index in [1.165, 1.54) is 36.9 Å². The quantitative estimate of drug-likeness (QED) is 0.785. The van der Waals surface area contributed by atoms with Gasteiger partial charge < -0.3 is 15.1 Å². The van der Waals surface area contributed by atoms with Gasteiger partial charge >= 0.3 is 0 Å². The van der Waals surface area contributed by atoms with E-state index < -0.39 is 0 Å². The van der Waals surface area contributed by atoms with Crippen molar-refractivity contribution in [2.24, 2.45) is 0 Å². The molecule has 154 valence electrons. The SMILES string of the molecule is CN1CCN(c2ccccc2CNC(=O)c2cccnc2SC2CCCC2)CC1. The molecule has 1 aliphatic carbocycles. The number of aromatic nitrogens is 1. The molecule has 2 aromatic rings. The van der Waals surface area contributed by atoms with E-state index in [9.17, 15) is 4.79 Å². The summed E-state index contributed by atoms with van der Waals surface area (Å²) in [5.74, 6) is -0.0354. The number of nitrogens with zero attached hydrogens (tertiary/aromatic N) is 3. The number of rotatable bonds is 6. The molecule has 0 bridgehead atoms. The van der Waals surface area contributed by atoms with Crippen LogP contribution in [0.15, 0.2) is 47.6 Å². The zero-order chi connectivity index (χ0) is 20.1. The fraction of sp³-hybridized carbons (Fsp3) is 0.478. The van der Waals surface area contributed by atoms with Gasteiger partial charge in [-0.25, -0.2) is 4.98 Å². The average molecular weight is 411 g/mol. The molecule has 29 heavy (non-hydrogen) atoms. The number of benzene rings is 1. The number of anilines is 1. The monoisotopic (exact) mass is 410 g/mol. The molecule has 1 saturated carbocycles. The summed E-state index contributed by atoms with van der Waals surface area (Å²) in [6.45, 7) is 4.71. The van der Waals surface area contributed by atoms with E-state index in [1.807, 2.05) is 18.2 Å². The van der Waals surface area contributed by atoms with E-state index in [0.717, 1.165) is 31.2 Å². The van der Waals surface area contributed by atoms with Crippen LogP contribution in [0.2, 0.25) is 0 Å². The second-order valence-electron chi connectivity index (χ2n) is 7.98. The molecule has 5 nitrogen and oxygen atoms in total. The molecule has 1 aromatic heterocycles. The molecule has 2 aliphatic rings. The molecule has 1 amide bonds. The molecule has 2 fully saturated rings. The number of carbonyl (C=O) groups excluding carboxylic acids is 1. The van der Waals surface area contributed by atoms with Gasteiger partial charge in [-0.05, 0) is 43.7 Å². The van der Waals surface area contributed by atoms with Crippen molar-refractivity contribution in [2.45, 2.75) is 42.5 Å². The Morgan fingerprint density at radius 3 is 2.66 bits per heavy atom. The highest BCUT2D eigenvalue weighted by molar-refractivity contribution is 7.99. The van der Waals surface area contributed by atoms with Gasteiger partial charge in [0.1, 0.15) is 5.03 Å². The summed E-state index contributed by atoms with van der Waals surface area (Å²) in [5, 5.41) is 4.60. The van der Waals surface area contributed by atoms with Gasteiger partial charge in [-0.3, -0.25) is 4.79 Å². The molecule has 1 saturated heterocycles. The summed E-state index contributed by atoms with van der Waals surface area (Å²) in [6, 6.07) is 12.2. The number of para-hydroxylation sites is 1. The lowest BCUT2D eigenvalue weighted by Gasteiger charge is -2.35. The van der Waals surface area contributed by atoms with E-state index in [2.05, 4.69) is 45.3 Å². The van der Waals surface area contributed by atoms with Crippen LogP contribution in [-0.4, -0.2) is 54.3 Å². The summed E-state index contributed by atoms with van der Waals surface area (Å²) in [6.07, 6.45) is 6.81. The Kier molecular flexibility index (Phi) is 6.72. The molecule has 1 aromatic carbocycles. The van der Waals surface area contributed by atoms with Crippen LogP contribution in [0.1, 0.15) is 41.6 Å².